The van der Waals surface area contributed by atoms with Crippen molar-refractivity contribution in [2.45, 2.75) is 27.0 Å². The third-order valence-corrected chi connectivity index (χ3v) is 2.79. The second kappa shape index (κ2) is 7.01. The molecule has 0 aliphatic heterocycles. The quantitative estimate of drug-likeness (QED) is 0.813. The molecule has 2 N–H and O–H groups in total. The maximum atomic E-state index is 8.97. The van der Waals surface area contributed by atoms with Gasteiger partial charge in [0.05, 0.1) is 18.8 Å². The normalized spacial score (nSPS) is 10.8. The Labute approximate surface area is 119 Å². The Hall–Kier alpha value is -1.94. The van der Waals surface area contributed by atoms with Crippen LogP contribution in [-0.4, -0.2) is 11.7 Å². The number of anilines is 1. The fourth-order valence-electron chi connectivity index (χ4n) is 1.78. The third kappa shape index (κ3) is 4.03. The van der Waals surface area contributed by atoms with Crippen molar-refractivity contribution in [1.29, 1.82) is 0 Å². The van der Waals surface area contributed by atoms with E-state index in [1.807, 2.05) is 30.3 Å². The molecule has 0 saturated carbocycles. The second-order valence-corrected chi connectivity index (χ2v) is 5.08. The number of nitrogens with one attached hydrogen (secondary N) is 1. The first kappa shape index (κ1) is 14.5. The van der Waals surface area contributed by atoms with E-state index in [1.165, 1.54) is 0 Å². The average molecular weight is 275 g/mol. The molecule has 0 spiro atoms. The highest BCUT2D eigenvalue weighted by molar-refractivity contribution is 5.56. The van der Waals surface area contributed by atoms with Gasteiger partial charge in [0.25, 0.3) is 0 Å². The maximum absolute atomic E-state index is 8.97. The molecule has 4 heteroatoms. The molecule has 1 heterocycles. The highest BCUT2D eigenvalue weighted by Crippen LogP contribution is 2.25. The number of hydrogen-bond donors (Lipinski definition) is 2. The smallest absolute Gasteiger partial charge is 0.142 e. The molecule has 0 fully saturated rings. The number of benzene rings is 1. The number of rotatable bonds is 7. The topological polar surface area (TPSA) is 54.6 Å². The summed E-state index contributed by atoms with van der Waals surface area (Å²) in [4.78, 5) is 0. The van der Waals surface area contributed by atoms with Gasteiger partial charge in [0, 0.05) is 0 Å². The molecule has 0 aliphatic rings. The molecular formula is C16H21NO3. The van der Waals surface area contributed by atoms with Crippen LogP contribution >= 0.6 is 0 Å². The van der Waals surface area contributed by atoms with Crippen molar-refractivity contribution in [3.8, 4) is 5.75 Å². The Kier molecular flexibility index (Phi) is 5.07. The monoisotopic (exact) mass is 275 g/mol. The highest BCUT2D eigenvalue weighted by Gasteiger charge is 2.06. The fourth-order valence-corrected chi connectivity index (χ4v) is 1.78. The van der Waals surface area contributed by atoms with E-state index in [0.29, 0.717) is 24.8 Å². The van der Waals surface area contributed by atoms with E-state index in [2.05, 4.69) is 19.2 Å². The van der Waals surface area contributed by atoms with Crippen LogP contribution in [0.4, 0.5) is 5.69 Å². The number of aliphatic hydroxyl groups excluding tert-OH is 1. The van der Waals surface area contributed by atoms with Crippen molar-refractivity contribution in [3.63, 3.8) is 0 Å². The summed E-state index contributed by atoms with van der Waals surface area (Å²) >= 11 is 0. The Balaban J connectivity index is 1.97. The molecule has 0 unspecified atom stereocenters. The van der Waals surface area contributed by atoms with Gasteiger partial charge in [0.1, 0.15) is 23.9 Å². The Morgan fingerprint density at radius 3 is 2.60 bits per heavy atom. The molecule has 4 nitrogen and oxygen atoms in total. The van der Waals surface area contributed by atoms with Crippen LogP contribution < -0.4 is 10.1 Å². The van der Waals surface area contributed by atoms with Crippen LogP contribution in [0, 0.1) is 5.92 Å². The molecule has 108 valence electrons. The van der Waals surface area contributed by atoms with E-state index >= 15 is 0 Å². The molecule has 1 aromatic carbocycles. The van der Waals surface area contributed by atoms with Gasteiger partial charge in [-0.1, -0.05) is 26.0 Å². The molecule has 0 saturated heterocycles. The number of ether oxygens (including phenoxy) is 1. The molecule has 0 amide bonds. The van der Waals surface area contributed by atoms with E-state index in [0.717, 1.165) is 17.2 Å². The molecule has 2 aromatic rings. The third-order valence-electron chi connectivity index (χ3n) is 2.79. The lowest BCUT2D eigenvalue weighted by molar-refractivity contribution is 0.244. The lowest BCUT2D eigenvalue weighted by atomic mass is 10.2. The van der Waals surface area contributed by atoms with Crippen LogP contribution in [0.3, 0.4) is 0 Å². The predicted molar refractivity (Wildman–Crippen MR) is 78.7 cm³/mol. The average Bonchev–Trinajstić information content (AvgIpc) is 2.91. The SMILES string of the molecule is CC(C)COc1ccccc1NCc1ccc(CO)o1. The van der Waals surface area contributed by atoms with E-state index in [4.69, 9.17) is 14.3 Å². The van der Waals surface area contributed by atoms with Gasteiger partial charge in [-0.2, -0.15) is 0 Å². The lowest BCUT2D eigenvalue weighted by Gasteiger charge is -2.13. The molecule has 2 rings (SSSR count). The van der Waals surface area contributed by atoms with Gasteiger partial charge in [0.2, 0.25) is 0 Å². The molecular weight excluding hydrogens is 254 g/mol. The summed E-state index contributed by atoms with van der Waals surface area (Å²) < 4.78 is 11.2. The van der Waals surface area contributed by atoms with Crippen molar-refractivity contribution in [1.82, 2.24) is 0 Å². The summed E-state index contributed by atoms with van der Waals surface area (Å²) in [6.07, 6.45) is 0. The van der Waals surface area contributed by atoms with Crippen molar-refractivity contribution in [2.24, 2.45) is 5.92 Å². The molecule has 1 aromatic heterocycles. The van der Waals surface area contributed by atoms with Crippen LogP contribution in [0.2, 0.25) is 0 Å². The predicted octanol–water partition coefficient (Wildman–Crippen LogP) is 3.42. The number of furan rings is 1. The summed E-state index contributed by atoms with van der Waals surface area (Å²) in [6, 6.07) is 11.5. The zero-order valence-electron chi connectivity index (χ0n) is 11.9. The zero-order valence-corrected chi connectivity index (χ0v) is 11.9. The lowest BCUT2D eigenvalue weighted by Crippen LogP contribution is -2.07. The Morgan fingerprint density at radius 1 is 1.15 bits per heavy atom. The summed E-state index contributed by atoms with van der Waals surface area (Å²) in [7, 11) is 0. The fraction of sp³-hybridized carbons (Fsp3) is 0.375. The van der Waals surface area contributed by atoms with Gasteiger partial charge < -0.3 is 19.6 Å². The van der Waals surface area contributed by atoms with Crippen LogP contribution in [0.1, 0.15) is 25.4 Å². The first-order chi connectivity index (χ1) is 9.69. The minimum absolute atomic E-state index is 0.0753. The molecule has 0 radical (unpaired) electrons. The number of para-hydroxylation sites is 2. The highest BCUT2D eigenvalue weighted by atomic mass is 16.5. The van der Waals surface area contributed by atoms with Gasteiger partial charge in [-0.3, -0.25) is 0 Å². The van der Waals surface area contributed by atoms with E-state index < -0.39 is 0 Å². The zero-order chi connectivity index (χ0) is 14.4. The van der Waals surface area contributed by atoms with Crippen LogP contribution in [0.5, 0.6) is 5.75 Å². The van der Waals surface area contributed by atoms with Gasteiger partial charge in [-0.15, -0.1) is 0 Å². The first-order valence-corrected chi connectivity index (χ1v) is 6.83. The summed E-state index contributed by atoms with van der Waals surface area (Å²) in [5.74, 6) is 2.69. The van der Waals surface area contributed by atoms with E-state index in [9.17, 15) is 0 Å². The summed E-state index contributed by atoms with van der Waals surface area (Å²) in [6.45, 7) is 5.41. The van der Waals surface area contributed by atoms with E-state index in [-0.39, 0.29) is 6.61 Å². The van der Waals surface area contributed by atoms with Crippen LogP contribution in [0.25, 0.3) is 0 Å². The summed E-state index contributed by atoms with van der Waals surface area (Å²) in [5, 5.41) is 12.3. The standard InChI is InChI=1S/C16H21NO3/c1-12(2)11-19-16-6-4-3-5-15(16)17-9-13-7-8-14(10-18)20-13/h3-8,12,17-18H,9-11H2,1-2H3. The van der Waals surface area contributed by atoms with Crippen LogP contribution in [-0.2, 0) is 13.2 Å². The number of hydrogen-bond acceptors (Lipinski definition) is 4. The molecule has 20 heavy (non-hydrogen) atoms. The van der Waals surface area contributed by atoms with Gasteiger partial charge in [-0.05, 0) is 30.2 Å². The number of aliphatic hydroxyl groups is 1. The summed E-state index contributed by atoms with van der Waals surface area (Å²) in [5.41, 5.74) is 0.940. The first-order valence-electron chi connectivity index (χ1n) is 6.83. The molecule has 0 atom stereocenters. The van der Waals surface area contributed by atoms with Crippen molar-refractivity contribution < 1.29 is 14.3 Å². The van der Waals surface area contributed by atoms with Crippen molar-refractivity contribution in [2.75, 3.05) is 11.9 Å². The van der Waals surface area contributed by atoms with E-state index in [1.54, 1.807) is 6.07 Å². The minimum Gasteiger partial charge on any atom is -0.491 e. The van der Waals surface area contributed by atoms with Gasteiger partial charge in [-0.25, -0.2) is 0 Å². The minimum atomic E-state index is -0.0753. The van der Waals surface area contributed by atoms with Crippen LogP contribution in [0.15, 0.2) is 40.8 Å². The maximum Gasteiger partial charge on any atom is 0.142 e. The Bertz CT molecular complexity index is 534. The van der Waals surface area contributed by atoms with Gasteiger partial charge >= 0.3 is 0 Å². The van der Waals surface area contributed by atoms with Crippen molar-refractivity contribution >= 4 is 5.69 Å². The van der Waals surface area contributed by atoms with Gasteiger partial charge in [0.15, 0.2) is 0 Å². The largest absolute Gasteiger partial charge is 0.491 e. The van der Waals surface area contributed by atoms with Crippen molar-refractivity contribution in [3.05, 3.63) is 47.9 Å². The molecule has 0 bridgehead atoms. The Morgan fingerprint density at radius 2 is 1.90 bits per heavy atom. The molecule has 0 aliphatic carbocycles. The second-order valence-electron chi connectivity index (χ2n) is 5.08.